The van der Waals surface area contributed by atoms with Gasteiger partial charge in [-0.05, 0) is 33.2 Å². The molecule has 7 nitrogen and oxygen atoms in total. The zero-order valence-electron chi connectivity index (χ0n) is 12.7. The number of nitrogens with zero attached hydrogens (tertiary/aromatic N) is 3. The van der Waals surface area contributed by atoms with Gasteiger partial charge in [0.1, 0.15) is 5.69 Å². The van der Waals surface area contributed by atoms with Gasteiger partial charge in [0.05, 0.1) is 17.6 Å². The number of rotatable bonds is 4. The molecule has 21 heavy (non-hydrogen) atoms. The summed E-state index contributed by atoms with van der Waals surface area (Å²) in [7, 11) is 4.02. The Morgan fingerprint density at radius 1 is 1.52 bits per heavy atom. The molecule has 1 aromatic rings. The van der Waals surface area contributed by atoms with E-state index in [4.69, 9.17) is 10.5 Å². The number of hydrogen-bond acceptors (Lipinski definition) is 6. The van der Waals surface area contributed by atoms with Crippen molar-refractivity contribution in [3.8, 4) is 0 Å². The lowest BCUT2D eigenvalue weighted by Crippen LogP contribution is -2.51. The van der Waals surface area contributed by atoms with Gasteiger partial charge in [0, 0.05) is 30.9 Å². The second kappa shape index (κ2) is 6.28. The SMILES string of the molecule is C[C@@H]1CO[C@H](CN(C)C)CN1c1ccc([N+](=O)[O-])c(N)c1. The minimum absolute atomic E-state index is 0.0514. The molecule has 1 saturated heterocycles. The third-order valence-corrected chi connectivity index (χ3v) is 3.61. The Balaban J connectivity index is 2.18. The Morgan fingerprint density at radius 3 is 2.81 bits per heavy atom. The van der Waals surface area contributed by atoms with Gasteiger partial charge in [-0.15, -0.1) is 0 Å². The van der Waals surface area contributed by atoms with Crippen molar-refractivity contribution < 1.29 is 9.66 Å². The summed E-state index contributed by atoms with van der Waals surface area (Å²) in [6.45, 7) is 4.29. The molecule has 2 N–H and O–H groups in total. The number of morpholine rings is 1. The average molecular weight is 294 g/mol. The summed E-state index contributed by atoms with van der Waals surface area (Å²) in [5, 5.41) is 10.8. The molecule has 0 spiro atoms. The molecule has 0 amide bonds. The molecule has 0 unspecified atom stereocenters. The average Bonchev–Trinajstić information content (AvgIpc) is 2.39. The van der Waals surface area contributed by atoms with Crippen LogP contribution < -0.4 is 10.6 Å². The number of hydrogen-bond donors (Lipinski definition) is 1. The molecule has 0 aromatic heterocycles. The van der Waals surface area contributed by atoms with Crippen LogP contribution in [0, 0.1) is 10.1 Å². The van der Waals surface area contributed by atoms with Crippen LogP contribution in [0.3, 0.4) is 0 Å². The quantitative estimate of drug-likeness (QED) is 0.512. The third kappa shape index (κ3) is 3.62. The fourth-order valence-electron chi connectivity index (χ4n) is 2.58. The largest absolute Gasteiger partial charge is 0.393 e. The summed E-state index contributed by atoms with van der Waals surface area (Å²) in [6, 6.07) is 5.10. The van der Waals surface area contributed by atoms with E-state index in [1.165, 1.54) is 6.07 Å². The Hall–Kier alpha value is -1.86. The molecule has 116 valence electrons. The van der Waals surface area contributed by atoms with Gasteiger partial charge >= 0.3 is 0 Å². The smallest absolute Gasteiger partial charge is 0.292 e. The number of ether oxygens (including phenoxy) is 1. The Bertz CT molecular complexity index is 521. The van der Waals surface area contributed by atoms with Crippen molar-refractivity contribution in [2.45, 2.75) is 19.1 Å². The van der Waals surface area contributed by atoms with Gasteiger partial charge in [0.2, 0.25) is 0 Å². The van der Waals surface area contributed by atoms with Crippen LogP contribution in [0.1, 0.15) is 6.92 Å². The molecule has 1 heterocycles. The minimum atomic E-state index is -0.462. The van der Waals surface area contributed by atoms with E-state index in [9.17, 15) is 10.1 Å². The second-order valence-corrected chi connectivity index (χ2v) is 5.72. The summed E-state index contributed by atoms with van der Waals surface area (Å²) in [6.07, 6.45) is 0.118. The van der Waals surface area contributed by atoms with Gasteiger partial charge in [-0.1, -0.05) is 0 Å². The van der Waals surface area contributed by atoms with E-state index in [0.717, 1.165) is 18.8 Å². The first kappa shape index (κ1) is 15.5. The lowest BCUT2D eigenvalue weighted by Gasteiger charge is -2.40. The second-order valence-electron chi connectivity index (χ2n) is 5.72. The fourth-order valence-corrected chi connectivity index (χ4v) is 2.58. The monoisotopic (exact) mass is 294 g/mol. The topological polar surface area (TPSA) is 84.9 Å². The van der Waals surface area contributed by atoms with Crippen LogP contribution in [0.25, 0.3) is 0 Å². The first-order valence-corrected chi connectivity index (χ1v) is 6.95. The summed E-state index contributed by atoms with van der Waals surface area (Å²) >= 11 is 0. The van der Waals surface area contributed by atoms with Crippen molar-refractivity contribution in [2.75, 3.05) is 44.4 Å². The zero-order chi connectivity index (χ0) is 15.6. The standard InChI is InChI=1S/C14H22N4O3/c1-10-9-21-12(7-16(2)3)8-17(10)11-4-5-14(18(19)20)13(15)6-11/h4-6,10,12H,7-9,15H2,1-3H3/t10-,12-/m1/s1. The predicted octanol–water partition coefficient (Wildman–Crippen LogP) is 1.33. The highest BCUT2D eigenvalue weighted by atomic mass is 16.6. The number of anilines is 2. The first-order chi connectivity index (χ1) is 9.88. The van der Waals surface area contributed by atoms with E-state index in [1.807, 2.05) is 14.1 Å². The minimum Gasteiger partial charge on any atom is -0.393 e. The van der Waals surface area contributed by atoms with Crippen LogP contribution in [0.2, 0.25) is 0 Å². The van der Waals surface area contributed by atoms with Crippen LogP contribution in [-0.4, -0.2) is 55.8 Å². The lowest BCUT2D eigenvalue weighted by atomic mass is 10.1. The van der Waals surface area contributed by atoms with Crippen LogP contribution in [0.4, 0.5) is 17.1 Å². The molecule has 0 bridgehead atoms. The summed E-state index contributed by atoms with van der Waals surface area (Å²) < 4.78 is 5.82. The molecular weight excluding hydrogens is 272 g/mol. The maximum atomic E-state index is 10.8. The van der Waals surface area contributed by atoms with Crippen LogP contribution >= 0.6 is 0 Å². The van der Waals surface area contributed by atoms with Crippen molar-refractivity contribution >= 4 is 17.1 Å². The van der Waals surface area contributed by atoms with Gasteiger partial charge in [-0.3, -0.25) is 10.1 Å². The Labute approximate surface area is 124 Å². The molecule has 0 radical (unpaired) electrons. The molecule has 0 saturated carbocycles. The fraction of sp³-hybridized carbons (Fsp3) is 0.571. The van der Waals surface area contributed by atoms with Gasteiger partial charge in [0.15, 0.2) is 0 Å². The van der Waals surface area contributed by atoms with Crippen molar-refractivity contribution in [1.82, 2.24) is 4.90 Å². The number of nitro groups is 1. The van der Waals surface area contributed by atoms with E-state index in [-0.39, 0.29) is 23.5 Å². The normalized spacial score (nSPS) is 22.6. The number of likely N-dealkylation sites (N-methyl/N-ethyl adjacent to an activating group) is 1. The van der Waals surface area contributed by atoms with Crippen molar-refractivity contribution in [1.29, 1.82) is 0 Å². The van der Waals surface area contributed by atoms with Crippen molar-refractivity contribution in [2.24, 2.45) is 0 Å². The summed E-state index contributed by atoms with van der Waals surface area (Å²) in [4.78, 5) is 14.7. The van der Waals surface area contributed by atoms with Gasteiger partial charge in [-0.2, -0.15) is 0 Å². The Morgan fingerprint density at radius 2 is 2.24 bits per heavy atom. The van der Waals surface area contributed by atoms with Crippen LogP contribution in [0.5, 0.6) is 0 Å². The number of benzene rings is 1. The number of nitrogen functional groups attached to an aromatic ring is 1. The van der Waals surface area contributed by atoms with E-state index < -0.39 is 4.92 Å². The highest BCUT2D eigenvalue weighted by Gasteiger charge is 2.27. The summed E-state index contributed by atoms with van der Waals surface area (Å²) in [5.74, 6) is 0. The lowest BCUT2D eigenvalue weighted by molar-refractivity contribution is -0.383. The third-order valence-electron chi connectivity index (χ3n) is 3.61. The predicted molar refractivity (Wildman–Crippen MR) is 82.6 cm³/mol. The maximum absolute atomic E-state index is 10.8. The van der Waals surface area contributed by atoms with Crippen LogP contribution in [0.15, 0.2) is 18.2 Å². The van der Waals surface area contributed by atoms with Crippen molar-refractivity contribution in [3.63, 3.8) is 0 Å². The molecule has 2 rings (SSSR count). The molecule has 1 aliphatic heterocycles. The molecule has 1 aromatic carbocycles. The van der Waals surface area contributed by atoms with E-state index in [2.05, 4.69) is 16.7 Å². The van der Waals surface area contributed by atoms with E-state index >= 15 is 0 Å². The highest BCUT2D eigenvalue weighted by molar-refractivity contribution is 5.67. The molecule has 0 aliphatic carbocycles. The number of nitro benzene ring substituents is 1. The van der Waals surface area contributed by atoms with E-state index in [1.54, 1.807) is 12.1 Å². The van der Waals surface area contributed by atoms with Gasteiger partial charge in [0.25, 0.3) is 5.69 Å². The Kier molecular flexibility index (Phi) is 4.64. The molecule has 7 heteroatoms. The molecule has 1 fully saturated rings. The first-order valence-electron chi connectivity index (χ1n) is 6.95. The molecule has 2 atom stereocenters. The molecule has 1 aliphatic rings. The van der Waals surface area contributed by atoms with E-state index in [0.29, 0.717) is 6.61 Å². The summed E-state index contributed by atoms with van der Waals surface area (Å²) in [5.41, 5.74) is 6.83. The zero-order valence-corrected chi connectivity index (χ0v) is 12.7. The maximum Gasteiger partial charge on any atom is 0.292 e. The molecular formula is C14H22N4O3. The van der Waals surface area contributed by atoms with Crippen molar-refractivity contribution in [3.05, 3.63) is 28.3 Å². The number of nitrogens with two attached hydrogens (primary N) is 1. The van der Waals surface area contributed by atoms with Gasteiger partial charge < -0.3 is 20.3 Å². The van der Waals surface area contributed by atoms with Gasteiger partial charge in [-0.25, -0.2) is 0 Å². The highest BCUT2D eigenvalue weighted by Crippen LogP contribution is 2.29. The van der Waals surface area contributed by atoms with Crippen LogP contribution in [-0.2, 0) is 4.74 Å².